The number of carbonyl (C=O) groups excluding carboxylic acids is 2. The number of hydrogen-bond donors (Lipinski definition) is 2. The van der Waals surface area contributed by atoms with Crippen molar-refractivity contribution >= 4 is 11.8 Å². The van der Waals surface area contributed by atoms with Gasteiger partial charge in [-0.25, -0.2) is 0 Å². The number of nitrogens with two attached hydrogens (primary N) is 1. The smallest absolute Gasteiger partial charge is 0.258 e. The average Bonchev–Trinajstić information content (AvgIpc) is 2.61. The van der Waals surface area contributed by atoms with E-state index >= 15 is 0 Å². The van der Waals surface area contributed by atoms with Crippen molar-refractivity contribution in [2.24, 2.45) is 5.73 Å². The number of primary amides is 1. The zero-order chi connectivity index (χ0) is 18.2. The van der Waals surface area contributed by atoms with Crippen LogP contribution in [0.4, 0.5) is 0 Å². The van der Waals surface area contributed by atoms with Crippen LogP contribution >= 0.6 is 0 Å². The van der Waals surface area contributed by atoms with E-state index < -0.39 is 0 Å². The Morgan fingerprint density at radius 2 is 2.00 bits per heavy atom. The van der Waals surface area contributed by atoms with Gasteiger partial charge in [-0.3, -0.25) is 14.5 Å². The SMILES string of the molecule is CC[C@H](C)c1ccccc1OCC(=O)NC1CCN(CC(N)=O)CC1. The van der Waals surface area contributed by atoms with Crippen LogP contribution in [0, 0.1) is 0 Å². The molecular formula is C19H29N3O3. The number of ether oxygens (including phenoxy) is 1. The number of hydrogen-bond acceptors (Lipinski definition) is 4. The quantitative estimate of drug-likeness (QED) is 0.749. The van der Waals surface area contributed by atoms with Gasteiger partial charge in [0.15, 0.2) is 6.61 Å². The van der Waals surface area contributed by atoms with E-state index in [9.17, 15) is 9.59 Å². The summed E-state index contributed by atoms with van der Waals surface area (Å²) in [5.41, 5.74) is 6.35. The van der Waals surface area contributed by atoms with Crippen molar-refractivity contribution in [3.8, 4) is 5.75 Å². The molecular weight excluding hydrogens is 318 g/mol. The van der Waals surface area contributed by atoms with E-state index in [1.54, 1.807) is 0 Å². The fraction of sp³-hybridized carbons (Fsp3) is 0.579. The van der Waals surface area contributed by atoms with Gasteiger partial charge in [-0.05, 0) is 36.8 Å². The van der Waals surface area contributed by atoms with E-state index in [4.69, 9.17) is 10.5 Å². The summed E-state index contributed by atoms with van der Waals surface area (Å²) in [6.07, 6.45) is 2.67. The van der Waals surface area contributed by atoms with Gasteiger partial charge in [-0.1, -0.05) is 32.0 Å². The highest BCUT2D eigenvalue weighted by atomic mass is 16.5. The minimum atomic E-state index is -0.309. The third kappa shape index (κ3) is 6.05. The fourth-order valence-electron chi connectivity index (χ4n) is 3.11. The number of benzene rings is 1. The minimum absolute atomic E-state index is 0.0228. The van der Waals surface area contributed by atoms with E-state index in [0.717, 1.165) is 43.7 Å². The molecule has 1 atom stereocenters. The Labute approximate surface area is 149 Å². The minimum Gasteiger partial charge on any atom is -0.483 e. The fourth-order valence-corrected chi connectivity index (χ4v) is 3.11. The maximum Gasteiger partial charge on any atom is 0.258 e. The third-order valence-corrected chi connectivity index (χ3v) is 4.75. The first-order valence-corrected chi connectivity index (χ1v) is 9.01. The number of rotatable bonds is 8. The molecule has 6 heteroatoms. The molecule has 0 aliphatic carbocycles. The Hall–Kier alpha value is -2.08. The van der Waals surface area contributed by atoms with E-state index in [-0.39, 0.29) is 31.0 Å². The lowest BCUT2D eigenvalue weighted by atomic mass is 9.98. The Kier molecular flexibility index (Phi) is 7.25. The predicted octanol–water partition coefficient (Wildman–Crippen LogP) is 1.64. The van der Waals surface area contributed by atoms with Crippen molar-refractivity contribution < 1.29 is 14.3 Å². The second-order valence-corrected chi connectivity index (χ2v) is 6.72. The summed E-state index contributed by atoms with van der Waals surface area (Å²) in [6, 6.07) is 8.01. The molecule has 0 spiro atoms. The van der Waals surface area contributed by atoms with Crippen LogP contribution in [0.5, 0.6) is 5.75 Å². The molecule has 0 aromatic heterocycles. The molecule has 1 saturated heterocycles. The van der Waals surface area contributed by atoms with Crippen molar-refractivity contribution in [1.29, 1.82) is 0 Å². The molecule has 0 radical (unpaired) electrons. The lowest BCUT2D eigenvalue weighted by Crippen LogP contribution is -2.47. The Bertz CT molecular complexity index is 583. The summed E-state index contributed by atoms with van der Waals surface area (Å²) in [5.74, 6) is 0.764. The van der Waals surface area contributed by atoms with Crippen LogP contribution in [0.2, 0.25) is 0 Å². The van der Waals surface area contributed by atoms with E-state index in [1.807, 2.05) is 23.1 Å². The lowest BCUT2D eigenvalue weighted by molar-refractivity contribution is -0.124. The maximum atomic E-state index is 12.2. The monoisotopic (exact) mass is 347 g/mol. The third-order valence-electron chi connectivity index (χ3n) is 4.75. The second-order valence-electron chi connectivity index (χ2n) is 6.72. The number of amides is 2. The number of carbonyl (C=O) groups is 2. The number of para-hydroxylation sites is 1. The number of piperidine rings is 1. The summed E-state index contributed by atoms with van der Waals surface area (Å²) in [7, 11) is 0. The number of nitrogens with zero attached hydrogens (tertiary/aromatic N) is 1. The summed E-state index contributed by atoms with van der Waals surface area (Å²) in [4.78, 5) is 25.1. The van der Waals surface area contributed by atoms with Crippen molar-refractivity contribution in [2.45, 2.75) is 45.1 Å². The van der Waals surface area contributed by atoms with Crippen molar-refractivity contribution in [3.63, 3.8) is 0 Å². The number of nitrogens with one attached hydrogen (secondary N) is 1. The Morgan fingerprint density at radius 3 is 2.64 bits per heavy atom. The highest BCUT2D eigenvalue weighted by molar-refractivity contribution is 5.78. The lowest BCUT2D eigenvalue weighted by Gasteiger charge is -2.31. The van der Waals surface area contributed by atoms with Crippen LogP contribution in [-0.4, -0.2) is 49.0 Å². The molecule has 1 aromatic carbocycles. The van der Waals surface area contributed by atoms with Crippen molar-refractivity contribution in [2.75, 3.05) is 26.2 Å². The largest absolute Gasteiger partial charge is 0.483 e. The molecule has 0 bridgehead atoms. The van der Waals surface area contributed by atoms with Crippen LogP contribution < -0.4 is 15.8 Å². The van der Waals surface area contributed by atoms with E-state index in [0.29, 0.717) is 5.92 Å². The van der Waals surface area contributed by atoms with Gasteiger partial charge in [0.25, 0.3) is 5.91 Å². The second kappa shape index (κ2) is 9.42. The Balaban J connectivity index is 1.78. The molecule has 1 aliphatic rings. The average molecular weight is 347 g/mol. The van der Waals surface area contributed by atoms with Crippen LogP contribution in [0.1, 0.15) is 44.6 Å². The van der Waals surface area contributed by atoms with Crippen LogP contribution in [-0.2, 0) is 9.59 Å². The summed E-state index contributed by atoms with van der Waals surface area (Å²) in [5, 5.41) is 3.02. The van der Waals surface area contributed by atoms with Crippen LogP contribution in [0.25, 0.3) is 0 Å². The zero-order valence-electron chi connectivity index (χ0n) is 15.2. The van der Waals surface area contributed by atoms with Gasteiger partial charge >= 0.3 is 0 Å². The van der Waals surface area contributed by atoms with Crippen molar-refractivity contribution in [1.82, 2.24) is 10.2 Å². The molecule has 0 unspecified atom stereocenters. The first kappa shape index (κ1) is 19.2. The summed E-state index contributed by atoms with van der Waals surface area (Å²) >= 11 is 0. The number of likely N-dealkylation sites (tertiary alicyclic amines) is 1. The van der Waals surface area contributed by atoms with Gasteiger partial charge in [-0.15, -0.1) is 0 Å². The highest BCUT2D eigenvalue weighted by Crippen LogP contribution is 2.28. The molecule has 25 heavy (non-hydrogen) atoms. The molecule has 1 heterocycles. The van der Waals surface area contributed by atoms with E-state index in [1.165, 1.54) is 0 Å². The molecule has 3 N–H and O–H groups in total. The molecule has 138 valence electrons. The summed E-state index contributed by atoms with van der Waals surface area (Å²) in [6.45, 7) is 6.14. The van der Waals surface area contributed by atoms with Gasteiger partial charge in [0.1, 0.15) is 5.75 Å². The molecule has 1 aromatic rings. The van der Waals surface area contributed by atoms with Crippen LogP contribution in [0.3, 0.4) is 0 Å². The topological polar surface area (TPSA) is 84.7 Å². The maximum absolute atomic E-state index is 12.2. The normalized spacial score (nSPS) is 17.0. The molecule has 1 aliphatic heterocycles. The van der Waals surface area contributed by atoms with Gasteiger partial charge < -0.3 is 15.8 Å². The standard InChI is InChI=1S/C19H29N3O3/c1-3-14(2)16-6-4-5-7-17(16)25-13-19(24)21-15-8-10-22(11-9-15)12-18(20)23/h4-7,14-15H,3,8-13H2,1-2H3,(H2,20,23)(H,21,24)/t14-/m0/s1. The van der Waals surface area contributed by atoms with E-state index in [2.05, 4.69) is 25.2 Å². The van der Waals surface area contributed by atoms with Gasteiger partial charge in [0, 0.05) is 19.1 Å². The first-order chi connectivity index (χ1) is 12.0. The van der Waals surface area contributed by atoms with Gasteiger partial charge in [0.05, 0.1) is 6.54 Å². The van der Waals surface area contributed by atoms with Crippen LogP contribution in [0.15, 0.2) is 24.3 Å². The zero-order valence-corrected chi connectivity index (χ0v) is 15.2. The predicted molar refractivity (Wildman–Crippen MR) is 97.4 cm³/mol. The van der Waals surface area contributed by atoms with Gasteiger partial charge in [-0.2, -0.15) is 0 Å². The molecule has 2 rings (SSSR count). The first-order valence-electron chi connectivity index (χ1n) is 9.01. The molecule has 1 fully saturated rings. The molecule has 2 amide bonds. The van der Waals surface area contributed by atoms with Crippen molar-refractivity contribution in [3.05, 3.63) is 29.8 Å². The molecule has 6 nitrogen and oxygen atoms in total. The molecule has 0 saturated carbocycles. The highest BCUT2D eigenvalue weighted by Gasteiger charge is 2.21. The Morgan fingerprint density at radius 1 is 1.32 bits per heavy atom. The van der Waals surface area contributed by atoms with Gasteiger partial charge in [0.2, 0.25) is 5.91 Å². The summed E-state index contributed by atoms with van der Waals surface area (Å²) < 4.78 is 5.75.